The average molecular weight is 202 g/mol. The van der Waals surface area contributed by atoms with Crippen molar-refractivity contribution in [2.24, 2.45) is 5.73 Å². The summed E-state index contributed by atoms with van der Waals surface area (Å²) in [6.07, 6.45) is 5.62. The lowest BCUT2D eigenvalue weighted by Crippen LogP contribution is -2.12. The first-order valence-corrected chi connectivity index (χ1v) is 5.09. The third kappa shape index (κ3) is 3.90. The quantitative estimate of drug-likeness (QED) is 0.744. The zero-order valence-corrected chi connectivity index (χ0v) is 9.19. The van der Waals surface area contributed by atoms with Crippen LogP contribution in [-0.2, 0) is 0 Å². The lowest BCUT2D eigenvalue weighted by molar-refractivity contribution is 0.945. The summed E-state index contributed by atoms with van der Waals surface area (Å²) in [4.78, 5) is 2.03. The maximum absolute atomic E-state index is 5.87. The normalized spacial score (nSPS) is 11.1. The molecule has 1 rings (SSSR count). The lowest BCUT2D eigenvalue weighted by Gasteiger charge is -2.15. The number of nitrogens with two attached hydrogens (primary N) is 1. The maximum atomic E-state index is 5.87. The van der Waals surface area contributed by atoms with Crippen LogP contribution in [-0.4, -0.2) is 7.05 Å². The van der Waals surface area contributed by atoms with Crippen LogP contribution in [0.3, 0.4) is 0 Å². The molecule has 15 heavy (non-hydrogen) atoms. The minimum Gasteiger partial charge on any atom is -0.401 e. The monoisotopic (exact) mass is 202 g/mol. The summed E-state index contributed by atoms with van der Waals surface area (Å²) in [5.74, 6) is 0. The van der Waals surface area contributed by atoms with E-state index in [1.54, 1.807) is 0 Å². The van der Waals surface area contributed by atoms with Crippen LogP contribution in [0.25, 0.3) is 0 Å². The number of para-hydroxylation sites is 1. The Kier molecular flexibility index (Phi) is 4.48. The second-order valence-electron chi connectivity index (χ2n) is 3.48. The van der Waals surface area contributed by atoms with Crippen LogP contribution >= 0.6 is 0 Å². The van der Waals surface area contributed by atoms with Crippen molar-refractivity contribution in [2.75, 3.05) is 11.9 Å². The molecule has 0 aliphatic rings. The smallest absolute Gasteiger partial charge is 0.0404 e. The molecule has 80 valence electrons. The molecule has 0 atom stereocenters. The van der Waals surface area contributed by atoms with Gasteiger partial charge in [-0.15, -0.1) is 6.58 Å². The number of rotatable bonds is 5. The van der Waals surface area contributed by atoms with Gasteiger partial charge in [0.05, 0.1) is 0 Å². The largest absolute Gasteiger partial charge is 0.401 e. The first kappa shape index (κ1) is 11.4. The van der Waals surface area contributed by atoms with Gasteiger partial charge in [0, 0.05) is 24.6 Å². The average Bonchev–Trinajstić information content (AvgIpc) is 2.27. The highest BCUT2D eigenvalue weighted by atomic mass is 15.1. The van der Waals surface area contributed by atoms with Gasteiger partial charge in [-0.3, -0.25) is 0 Å². The molecule has 0 spiro atoms. The summed E-state index contributed by atoms with van der Waals surface area (Å²) in [6.45, 7) is 3.67. The Labute approximate surface area is 91.7 Å². The number of hydrogen-bond acceptors (Lipinski definition) is 2. The van der Waals surface area contributed by atoms with Gasteiger partial charge in [-0.1, -0.05) is 24.3 Å². The van der Waals surface area contributed by atoms with Crippen LogP contribution in [0.2, 0.25) is 0 Å². The Balaban J connectivity index is 2.61. The standard InChI is InChI=1S/C13H18N2/c1-3-4-8-12(14)11-15(2)13-9-6-5-7-10-13/h3,5-7,9-11H,1,4,8,14H2,2H3/b12-11-. The zero-order valence-electron chi connectivity index (χ0n) is 9.19. The van der Waals surface area contributed by atoms with Gasteiger partial charge < -0.3 is 10.6 Å². The van der Waals surface area contributed by atoms with Crippen LogP contribution < -0.4 is 10.6 Å². The third-order valence-corrected chi connectivity index (χ3v) is 2.16. The maximum Gasteiger partial charge on any atom is 0.0404 e. The van der Waals surface area contributed by atoms with E-state index in [-0.39, 0.29) is 0 Å². The second-order valence-corrected chi connectivity index (χ2v) is 3.48. The van der Waals surface area contributed by atoms with Crippen LogP contribution in [0.4, 0.5) is 5.69 Å². The molecule has 1 aromatic rings. The van der Waals surface area contributed by atoms with Crippen LogP contribution in [0.15, 0.2) is 54.9 Å². The molecule has 0 amide bonds. The number of allylic oxidation sites excluding steroid dienone is 2. The summed E-state index contributed by atoms with van der Waals surface area (Å²) in [5, 5.41) is 0. The second kappa shape index (κ2) is 5.91. The Morgan fingerprint density at radius 1 is 1.40 bits per heavy atom. The van der Waals surface area contributed by atoms with E-state index < -0.39 is 0 Å². The molecule has 0 aromatic heterocycles. The molecule has 0 fully saturated rings. The molecule has 2 N–H and O–H groups in total. The van der Waals surface area contributed by atoms with Gasteiger partial charge in [0.25, 0.3) is 0 Å². The van der Waals surface area contributed by atoms with E-state index in [1.807, 2.05) is 42.4 Å². The highest BCUT2D eigenvalue weighted by Crippen LogP contribution is 2.12. The number of nitrogens with zero attached hydrogens (tertiary/aromatic N) is 1. The zero-order chi connectivity index (χ0) is 11.1. The molecule has 2 heteroatoms. The molecule has 0 aliphatic heterocycles. The van der Waals surface area contributed by atoms with Crippen LogP contribution in [0.5, 0.6) is 0 Å². The van der Waals surface area contributed by atoms with Crippen molar-refractivity contribution in [1.82, 2.24) is 0 Å². The molecule has 1 aromatic carbocycles. The summed E-state index contributed by atoms with van der Waals surface area (Å²) < 4.78 is 0. The summed E-state index contributed by atoms with van der Waals surface area (Å²) in [5.41, 5.74) is 7.88. The van der Waals surface area contributed by atoms with Gasteiger partial charge in [-0.25, -0.2) is 0 Å². The van der Waals surface area contributed by atoms with Gasteiger partial charge in [-0.05, 0) is 25.0 Å². The minimum absolute atomic E-state index is 0.862. The van der Waals surface area contributed by atoms with Crippen molar-refractivity contribution in [1.29, 1.82) is 0 Å². The molecule has 0 unspecified atom stereocenters. The predicted octanol–water partition coefficient (Wildman–Crippen LogP) is 2.89. The summed E-state index contributed by atoms with van der Waals surface area (Å²) >= 11 is 0. The van der Waals surface area contributed by atoms with E-state index in [1.165, 1.54) is 0 Å². The van der Waals surface area contributed by atoms with E-state index in [4.69, 9.17) is 5.73 Å². The van der Waals surface area contributed by atoms with Crippen molar-refractivity contribution in [2.45, 2.75) is 12.8 Å². The molecule has 2 nitrogen and oxygen atoms in total. The fraction of sp³-hybridized carbons (Fsp3) is 0.231. The lowest BCUT2D eigenvalue weighted by atomic mass is 10.2. The van der Waals surface area contributed by atoms with Gasteiger partial charge in [0.1, 0.15) is 0 Å². The van der Waals surface area contributed by atoms with Gasteiger partial charge in [0.2, 0.25) is 0 Å². The summed E-state index contributed by atoms with van der Waals surface area (Å²) in [7, 11) is 2.00. The van der Waals surface area contributed by atoms with E-state index in [2.05, 4.69) is 18.7 Å². The van der Waals surface area contributed by atoms with Crippen molar-refractivity contribution in [3.05, 3.63) is 54.9 Å². The molecule has 0 bridgehead atoms. The topological polar surface area (TPSA) is 29.3 Å². The molecular weight excluding hydrogens is 184 g/mol. The molecular formula is C13H18N2. The van der Waals surface area contributed by atoms with Crippen molar-refractivity contribution in [3.63, 3.8) is 0 Å². The van der Waals surface area contributed by atoms with Gasteiger partial charge in [0.15, 0.2) is 0 Å². The highest BCUT2D eigenvalue weighted by molar-refractivity contribution is 5.48. The first-order chi connectivity index (χ1) is 7.24. The minimum atomic E-state index is 0.862. The first-order valence-electron chi connectivity index (χ1n) is 5.09. The van der Waals surface area contributed by atoms with Crippen molar-refractivity contribution < 1.29 is 0 Å². The Morgan fingerprint density at radius 3 is 2.67 bits per heavy atom. The van der Waals surface area contributed by atoms with Gasteiger partial charge >= 0.3 is 0 Å². The number of anilines is 1. The Morgan fingerprint density at radius 2 is 2.07 bits per heavy atom. The van der Waals surface area contributed by atoms with Gasteiger partial charge in [-0.2, -0.15) is 0 Å². The molecule has 0 heterocycles. The van der Waals surface area contributed by atoms with E-state index in [9.17, 15) is 0 Å². The number of benzene rings is 1. The van der Waals surface area contributed by atoms with Crippen molar-refractivity contribution >= 4 is 5.69 Å². The Bertz CT molecular complexity index is 328. The van der Waals surface area contributed by atoms with Crippen LogP contribution in [0.1, 0.15) is 12.8 Å². The third-order valence-electron chi connectivity index (χ3n) is 2.16. The highest BCUT2D eigenvalue weighted by Gasteiger charge is 1.96. The number of hydrogen-bond donors (Lipinski definition) is 1. The molecule has 0 saturated carbocycles. The van der Waals surface area contributed by atoms with E-state index in [0.717, 1.165) is 24.2 Å². The summed E-state index contributed by atoms with van der Waals surface area (Å²) in [6, 6.07) is 10.1. The fourth-order valence-electron chi connectivity index (χ4n) is 1.32. The SMILES string of the molecule is C=CCC/C(N)=C/N(C)c1ccccc1. The van der Waals surface area contributed by atoms with E-state index in [0.29, 0.717) is 0 Å². The Hall–Kier alpha value is -1.70. The molecule has 0 aliphatic carbocycles. The fourth-order valence-corrected chi connectivity index (χ4v) is 1.32. The molecule has 0 saturated heterocycles. The van der Waals surface area contributed by atoms with E-state index >= 15 is 0 Å². The molecule has 0 radical (unpaired) electrons. The predicted molar refractivity (Wildman–Crippen MR) is 66.5 cm³/mol. The van der Waals surface area contributed by atoms with Crippen molar-refractivity contribution in [3.8, 4) is 0 Å². The van der Waals surface area contributed by atoms with Crippen LogP contribution in [0, 0.1) is 0 Å².